The Balaban J connectivity index is 1.60. The Bertz CT molecular complexity index is 760. The molecule has 0 amide bonds. The van der Waals surface area contributed by atoms with Crippen molar-refractivity contribution in [3.05, 3.63) is 47.3 Å². The van der Waals surface area contributed by atoms with E-state index in [4.69, 9.17) is 17.3 Å². The van der Waals surface area contributed by atoms with Gasteiger partial charge in [-0.3, -0.25) is 4.90 Å². The fraction of sp³-hybridized carbons (Fsp3) is 0.524. The zero-order valence-corrected chi connectivity index (χ0v) is 17.7. The van der Waals surface area contributed by atoms with E-state index in [2.05, 4.69) is 71.8 Å². The summed E-state index contributed by atoms with van der Waals surface area (Å²) in [7, 11) is 0. The molecule has 6 heteroatoms. The van der Waals surface area contributed by atoms with Crippen LogP contribution in [0.1, 0.15) is 30.8 Å². The van der Waals surface area contributed by atoms with Gasteiger partial charge in [0.1, 0.15) is 0 Å². The predicted molar refractivity (Wildman–Crippen MR) is 115 cm³/mol. The van der Waals surface area contributed by atoms with Crippen LogP contribution in [0.25, 0.3) is 5.69 Å². The fourth-order valence-electron chi connectivity index (χ4n) is 3.46. The highest BCUT2D eigenvalue weighted by atomic mass is 32.1. The number of aryl methyl sites for hydroxylation is 1. The molecular weight excluding hydrogens is 354 g/mol. The maximum absolute atomic E-state index is 5.54. The Labute approximate surface area is 168 Å². The van der Waals surface area contributed by atoms with Gasteiger partial charge in [0.15, 0.2) is 5.11 Å². The van der Waals surface area contributed by atoms with Crippen LogP contribution in [0.15, 0.2) is 30.3 Å². The van der Waals surface area contributed by atoms with Crippen LogP contribution in [0.2, 0.25) is 0 Å². The maximum Gasteiger partial charge on any atom is 0.169 e. The lowest BCUT2D eigenvalue weighted by Gasteiger charge is -2.36. The van der Waals surface area contributed by atoms with E-state index in [-0.39, 0.29) is 0 Å². The first kappa shape index (κ1) is 19.8. The zero-order chi connectivity index (χ0) is 19.4. The molecule has 27 heavy (non-hydrogen) atoms. The van der Waals surface area contributed by atoms with Gasteiger partial charge in [-0.25, -0.2) is 4.68 Å². The molecule has 1 aromatic carbocycles. The van der Waals surface area contributed by atoms with E-state index < -0.39 is 0 Å². The van der Waals surface area contributed by atoms with Crippen molar-refractivity contribution >= 4 is 17.3 Å². The molecule has 0 spiro atoms. The zero-order valence-electron chi connectivity index (χ0n) is 16.9. The molecule has 1 saturated heterocycles. The van der Waals surface area contributed by atoms with Crippen LogP contribution in [0, 0.1) is 19.8 Å². The van der Waals surface area contributed by atoms with Gasteiger partial charge in [0.25, 0.3) is 0 Å². The summed E-state index contributed by atoms with van der Waals surface area (Å²) < 4.78 is 2.06. The van der Waals surface area contributed by atoms with Crippen molar-refractivity contribution < 1.29 is 0 Å². The Morgan fingerprint density at radius 1 is 1.11 bits per heavy atom. The third-order valence-corrected chi connectivity index (χ3v) is 5.55. The van der Waals surface area contributed by atoms with Gasteiger partial charge in [-0.2, -0.15) is 5.10 Å². The van der Waals surface area contributed by atoms with Crippen LogP contribution in [0.3, 0.4) is 0 Å². The number of hydrogen-bond acceptors (Lipinski definition) is 3. The van der Waals surface area contributed by atoms with Crippen molar-refractivity contribution in [1.29, 1.82) is 0 Å². The summed E-state index contributed by atoms with van der Waals surface area (Å²) in [6.07, 6.45) is 0. The summed E-state index contributed by atoms with van der Waals surface area (Å²) in [5, 5.41) is 9.06. The number of nitrogens with zero attached hydrogens (tertiary/aromatic N) is 4. The van der Waals surface area contributed by atoms with E-state index in [0.29, 0.717) is 5.92 Å². The van der Waals surface area contributed by atoms with E-state index >= 15 is 0 Å². The molecule has 0 bridgehead atoms. The van der Waals surface area contributed by atoms with E-state index in [0.717, 1.165) is 55.8 Å². The molecule has 2 aromatic rings. The molecule has 5 nitrogen and oxygen atoms in total. The van der Waals surface area contributed by atoms with Gasteiger partial charge in [-0.05, 0) is 44.1 Å². The van der Waals surface area contributed by atoms with Crippen LogP contribution in [-0.4, -0.2) is 57.4 Å². The number of para-hydroxylation sites is 1. The Kier molecular flexibility index (Phi) is 6.50. The summed E-state index contributed by atoms with van der Waals surface area (Å²) in [6, 6.07) is 10.4. The second-order valence-corrected chi connectivity index (χ2v) is 8.13. The fourth-order valence-corrected chi connectivity index (χ4v) is 3.73. The van der Waals surface area contributed by atoms with Gasteiger partial charge >= 0.3 is 0 Å². The van der Waals surface area contributed by atoms with E-state index in [9.17, 15) is 0 Å². The van der Waals surface area contributed by atoms with Crippen molar-refractivity contribution in [3.63, 3.8) is 0 Å². The van der Waals surface area contributed by atoms with Crippen LogP contribution >= 0.6 is 12.2 Å². The number of nitrogens with one attached hydrogen (secondary N) is 1. The first-order valence-electron chi connectivity index (χ1n) is 9.81. The highest BCUT2D eigenvalue weighted by Crippen LogP contribution is 2.20. The molecule has 0 saturated carbocycles. The summed E-state index contributed by atoms with van der Waals surface area (Å²) in [5.41, 5.74) is 4.81. The van der Waals surface area contributed by atoms with E-state index in [1.807, 2.05) is 6.07 Å². The summed E-state index contributed by atoms with van der Waals surface area (Å²) in [4.78, 5) is 4.80. The van der Waals surface area contributed by atoms with Crippen molar-refractivity contribution in [2.75, 3.05) is 32.7 Å². The monoisotopic (exact) mass is 385 g/mol. The van der Waals surface area contributed by atoms with Gasteiger partial charge in [0.2, 0.25) is 0 Å². The van der Waals surface area contributed by atoms with Crippen LogP contribution in [0.4, 0.5) is 0 Å². The van der Waals surface area contributed by atoms with Gasteiger partial charge in [-0.1, -0.05) is 32.0 Å². The molecule has 0 radical (unpaired) electrons. The second-order valence-electron chi connectivity index (χ2n) is 7.74. The van der Waals surface area contributed by atoms with Gasteiger partial charge in [0, 0.05) is 50.5 Å². The third-order valence-electron chi connectivity index (χ3n) is 5.14. The summed E-state index contributed by atoms with van der Waals surface area (Å²) in [5.74, 6) is 0.608. The lowest BCUT2D eigenvalue weighted by atomic mass is 10.1. The number of rotatable bonds is 5. The molecule has 1 N–H and O–H groups in total. The van der Waals surface area contributed by atoms with Crippen LogP contribution < -0.4 is 5.32 Å². The molecule has 3 rings (SSSR count). The average molecular weight is 386 g/mol. The maximum atomic E-state index is 5.54. The van der Waals surface area contributed by atoms with E-state index in [1.54, 1.807) is 0 Å². The van der Waals surface area contributed by atoms with Gasteiger partial charge < -0.3 is 10.2 Å². The Hall–Kier alpha value is -1.92. The number of thiocarbonyl (C=S) groups is 1. The molecule has 0 atom stereocenters. The Morgan fingerprint density at radius 2 is 1.78 bits per heavy atom. The Morgan fingerprint density at radius 3 is 2.41 bits per heavy atom. The molecule has 1 aromatic heterocycles. The number of benzene rings is 1. The average Bonchev–Trinajstić information content (AvgIpc) is 2.95. The first-order chi connectivity index (χ1) is 13.0. The quantitative estimate of drug-likeness (QED) is 0.800. The molecular formula is C21H31N5S. The van der Waals surface area contributed by atoms with Crippen molar-refractivity contribution in [3.8, 4) is 5.69 Å². The lowest BCUT2D eigenvalue weighted by Crippen LogP contribution is -2.51. The van der Waals surface area contributed by atoms with Crippen molar-refractivity contribution in [1.82, 2.24) is 24.9 Å². The number of piperazine rings is 1. The second kappa shape index (κ2) is 8.85. The largest absolute Gasteiger partial charge is 0.362 e. The normalized spacial score (nSPS) is 15.4. The molecule has 146 valence electrons. The van der Waals surface area contributed by atoms with Crippen molar-refractivity contribution in [2.45, 2.75) is 34.2 Å². The molecule has 1 aliphatic rings. The first-order valence-corrected chi connectivity index (χ1v) is 10.2. The SMILES string of the molecule is Cc1nn(-c2ccccc2)c(C)c1CN1CCN(C(=S)NCC(C)C)CC1. The summed E-state index contributed by atoms with van der Waals surface area (Å²) in [6.45, 7) is 14.6. The predicted octanol–water partition coefficient (Wildman–Crippen LogP) is 3.14. The highest BCUT2D eigenvalue weighted by Gasteiger charge is 2.21. The topological polar surface area (TPSA) is 36.3 Å². The highest BCUT2D eigenvalue weighted by molar-refractivity contribution is 7.80. The van der Waals surface area contributed by atoms with E-state index in [1.165, 1.54) is 11.3 Å². The molecule has 2 heterocycles. The minimum absolute atomic E-state index is 0.608. The minimum atomic E-state index is 0.608. The lowest BCUT2D eigenvalue weighted by molar-refractivity contribution is 0.174. The number of hydrogen-bond donors (Lipinski definition) is 1. The van der Waals surface area contributed by atoms with Crippen molar-refractivity contribution in [2.24, 2.45) is 5.92 Å². The summed E-state index contributed by atoms with van der Waals surface area (Å²) >= 11 is 5.54. The van der Waals surface area contributed by atoms with Crippen LogP contribution in [0.5, 0.6) is 0 Å². The number of aromatic nitrogens is 2. The standard InChI is InChI=1S/C21H31N5S/c1-16(2)14-22-21(27)25-12-10-24(11-13-25)15-20-17(3)23-26(18(20)4)19-8-6-5-7-9-19/h5-9,16H,10-15H2,1-4H3,(H,22,27). The molecule has 0 unspecified atom stereocenters. The molecule has 1 fully saturated rings. The third kappa shape index (κ3) is 4.87. The van der Waals surface area contributed by atoms with Crippen LogP contribution in [-0.2, 0) is 6.54 Å². The molecule has 1 aliphatic heterocycles. The van der Waals surface area contributed by atoms with Gasteiger partial charge in [-0.15, -0.1) is 0 Å². The molecule has 0 aliphatic carbocycles. The smallest absolute Gasteiger partial charge is 0.169 e. The van der Waals surface area contributed by atoms with Gasteiger partial charge in [0.05, 0.1) is 11.4 Å². The minimum Gasteiger partial charge on any atom is -0.362 e.